The molecule has 0 aliphatic carbocycles. The minimum Gasteiger partial charge on any atom is -0.492 e. The number of likely N-dealkylation sites (N-methyl/N-ethyl adjacent to an activating group) is 1. The van der Waals surface area contributed by atoms with E-state index in [4.69, 9.17) is 4.74 Å². The molecule has 2 aliphatic heterocycles. The van der Waals surface area contributed by atoms with Gasteiger partial charge in [0.05, 0.1) is 24.8 Å². The zero-order valence-electron chi connectivity index (χ0n) is 16.6. The molecule has 0 radical (unpaired) electrons. The quantitative estimate of drug-likeness (QED) is 0.831. The van der Waals surface area contributed by atoms with Gasteiger partial charge in [0.2, 0.25) is 5.91 Å². The lowest BCUT2D eigenvalue weighted by Crippen LogP contribution is -2.42. The maximum Gasteiger partial charge on any atom is 0.236 e. The Labute approximate surface area is 160 Å². The Hall–Kier alpha value is -2.34. The van der Waals surface area contributed by atoms with Crippen molar-refractivity contribution in [3.63, 3.8) is 0 Å². The number of aryl methyl sites for hydroxylation is 1. The van der Waals surface area contributed by atoms with E-state index in [9.17, 15) is 4.79 Å². The molecule has 6 heteroatoms. The molecule has 0 saturated carbocycles. The summed E-state index contributed by atoms with van der Waals surface area (Å²) in [6.45, 7) is 6.88. The molecule has 1 saturated heterocycles. The summed E-state index contributed by atoms with van der Waals surface area (Å²) in [5.74, 6) is 1.16. The van der Waals surface area contributed by atoms with E-state index in [2.05, 4.69) is 42.0 Å². The number of fused-ring (bicyclic) bond motifs is 2. The minimum absolute atomic E-state index is 0.0837. The molecule has 2 aliphatic rings. The molecule has 3 heterocycles. The summed E-state index contributed by atoms with van der Waals surface area (Å²) in [5, 5.41) is 4.28. The lowest BCUT2D eigenvalue weighted by Gasteiger charge is -2.26. The van der Waals surface area contributed by atoms with Crippen molar-refractivity contribution in [2.75, 3.05) is 33.3 Å². The van der Waals surface area contributed by atoms with Gasteiger partial charge in [0.25, 0.3) is 0 Å². The molecule has 0 bridgehead atoms. The molecule has 1 unspecified atom stereocenters. The monoisotopic (exact) mass is 368 g/mol. The van der Waals surface area contributed by atoms with Crippen molar-refractivity contribution in [2.45, 2.75) is 31.7 Å². The number of rotatable bonds is 4. The SMILES string of the molecule is CC(C)N(C)CC(=O)N1CCC2(COc3ccc(-c4cnn(C)c4)cc32)C1. The normalized spacial score (nSPS) is 21.3. The van der Waals surface area contributed by atoms with Crippen LogP contribution in [0.5, 0.6) is 5.75 Å². The molecule has 0 N–H and O–H groups in total. The highest BCUT2D eigenvalue weighted by atomic mass is 16.5. The molecule has 1 aromatic heterocycles. The van der Waals surface area contributed by atoms with E-state index in [0.717, 1.165) is 36.4 Å². The van der Waals surface area contributed by atoms with Gasteiger partial charge in [0.1, 0.15) is 5.75 Å². The standard InChI is InChI=1S/C21H28N4O2/c1-15(2)23(3)12-20(26)25-8-7-21(13-25)14-27-19-6-5-16(9-18(19)21)17-10-22-24(4)11-17/h5-6,9-11,15H,7-8,12-14H2,1-4H3. The van der Waals surface area contributed by atoms with Crippen molar-refractivity contribution in [3.05, 3.63) is 36.2 Å². The van der Waals surface area contributed by atoms with Crippen LogP contribution in [0.15, 0.2) is 30.6 Å². The molecule has 27 heavy (non-hydrogen) atoms. The van der Waals surface area contributed by atoms with Gasteiger partial charge in [-0.3, -0.25) is 14.4 Å². The van der Waals surface area contributed by atoms with Crippen LogP contribution in [0.2, 0.25) is 0 Å². The number of carbonyl (C=O) groups excluding carboxylic acids is 1. The second-order valence-electron chi connectivity index (χ2n) is 8.26. The summed E-state index contributed by atoms with van der Waals surface area (Å²) in [5.41, 5.74) is 3.40. The van der Waals surface area contributed by atoms with Crippen LogP contribution in [0.25, 0.3) is 11.1 Å². The first-order valence-electron chi connectivity index (χ1n) is 9.62. The number of ether oxygens (including phenoxy) is 1. The Kier molecular flexibility index (Phi) is 4.46. The Morgan fingerprint density at radius 3 is 2.89 bits per heavy atom. The van der Waals surface area contributed by atoms with E-state index < -0.39 is 0 Å². The van der Waals surface area contributed by atoms with Crippen LogP contribution in [0.4, 0.5) is 0 Å². The number of benzene rings is 1. The molecule has 1 fully saturated rings. The van der Waals surface area contributed by atoms with Gasteiger partial charge < -0.3 is 9.64 Å². The number of carbonyl (C=O) groups is 1. The summed E-state index contributed by atoms with van der Waals surface area (Å²) < 4.78 is 7.83. The van der Waals surface area contributed by atoms with Crippen molar-refractivity contribution in [1.82, 2.24) is 19.6 Å². The van der Waals surface area contributed by atoms with Gasteiger partial charge in [-0.05, 0) is 45.0 Å². The predicted molar refractivity (Wildman–Crippen MR) is 105 cm³/mol. The predicted octanol–water partition coefficient (Wildman–Crippen LogP) is 2.29. The van der Waals surface area contributed by atoms with E-state index in [1.165, 1.54) is 5.56 Å². The van der Waals surface area contributed by atoms with Crippen LogP contribution in [0, 0.1) is 0 Å². The van der Waals surface area contributed by atoms with Crippen molar-refractivity contribution in [3.8, 4) is 16.9 Å². The fraction of sp³-hybridized carbons (Fsp3) is 0.524. The molecular formula is C21H28N4O2. The van der Waals surface area contributed by atoms with Gasteiger partial charge in [-0.2, -0.15) is 5.10 Å². The maximum absolute atomic E-state index is 12.7. The van der Waals surface area contributed by atoms with Crippen LogP contribution < -0.4 is 4.74 Å². The molecule has 1 aromatic carbocycles. The highest BCUT2D eigenvalue weighted by molar-refractivity contribution is 5.79. The van der Waals surface area contributed by atoms with E-state index in [0.29, 0.717) is 19.2 Å². The zero-order valence-corrected chi connectivity index (χ0v) is 16.6. The highest BCUT2D eigenvalue weighted by Gasteiger charge is 2.47. The average molecular weight is 368 g/mol. The van der Waals surface area contributed by atoms with E-state index in [1.807, 2.05) is 36.1 Å². The summed E-state index contributed by atoms with van der Waals surface area (Å²) >= 11 is 0. The number of likely N-dealkylation sites (tertiary alicyclic amines) is 1. The lowest BCUT2D eigenvalue weighted by molar-refractivity contribution is -0.131. The highest BCUT2D eigenvalue weighted by Crippen LogP contribution is 2.46. The topological polar surface area (TPSA) is 50.6 Å². The van der Waals surface area contributed by atoms with E-state index >= 15 is 0 Å². The molecular weight excluding hydrogens is 340 g/mol. The van der Waals surface area contributed by atoms with Crippen LogP contribution in [-0.2, 0) is 17.3 Å². The molecule has 1 atom stereocenters. The summed E-state index contributed by atoms with van der Waals surface area (Å²) in [6, 6.07) is 6.74. The van der Waals surface area contributed by atoms with Crippen molar-refractivity contribution in [1.29, 1.82) is 0 Å². The van der Waals surface area contributed by atoms with Gasteiger partial charge in [0.15, 0.2) is 0 Å². The van der Waals surface area contributed by atoms with Gasteiger partial charge in [-0.15, -0.1) is 0 Å². The van der Waals surface area contributed by atoms with Crippen LogP contribution in [-0.4, -0.2) is 64.8 Å². The van der Waals surface area contributed by atoms with Crippen LogP contribution in [0.3, 0.4) is 0 Å². The number of aromatic nitrogens is 2. The summed E-state index contributed by atoms with van der Waals surface area (Å²) in [6.07, 6.45) is 4.86. The summed E-state index contributed by atoms with van der Waals surface area (Å²) in [7, 11) is 3.93. The van der Waals surface area contributed by atoms with Gasteiger partial charge in [-0.1, -0.05) is 6.07 Å². The Bertz CT molecular complexity index is 860. The third kappa shape index (κ3) is 3.23. The first-order chi connectivity index (χ1) is 12.9. The third-order valence-electron chi connectivity index (χ3n) is 6.07. The fourth-order valence-corrected chi connectivity index (χ4v) is 4.03. The molecule has 6 nitrogen and oxygen atoms in total. The largest absolute Gasteiger partial charge is 0.492 e. The summed E-state index contributed by atoms with van der Waals surface area (Å²) in [4.78, 5) is 16.8. The smallest absolute Gasteiger partial charge is 0.236 e. The zero-order chi connectivity index (χ0) is 19.2. The van der Waals surface area contributed by atoms with Crippen molar-refractivity contribution >= 4 is 5.91 Å². The number of nitrogens with zero attached hydrogens (tertiary/aromatic N) is 4. The van der Waals surface area contributed by atoms with Gasteiger partial charge in [-0.25, -0.2) is 0 Å². The van der Waals surface area contributed by atoms with Crippen LogP contribution >= 0.6 is 0 Å². The van der Waals surface area contributed by atoms with E-state index in [1.54, 1.807) is 0 Å². The van der Waals surface area contributed by atoms with E-state index in [-0.39, 0.29) is 11.3 Å². The van der Waals surface area contributed by atoms with Gasteiger partial charge in [0, 0.05) is 43.5 Å². The Morgan fingerprint density at radius 2 is 2.19 bits per heavy atom. The first-order valence-corrected chi connectivity index (χ1v) is 9.62. The molecule has 1 amide bonds. The molecule has 4 rings (SSSR count). The molecule has 1 spiro atoms. The van der Waals surface area contributed by atoms with Crippen molar-refractivity contribution in [2.24, 2.45) is 7.05 Å². The van der Waals surface area contributed by atoms with Crippen molar-refractivity contribution < 1.29 is 9.53 Å². The minimum atomic E-state index is -0.0837. The number of hydrogen-bond acceptors (Lipinski definition) is 4. The third-order valence-corrected chi connectivity index (χ3v) is 6.07. The number of amides is 1. The maximum atomic E-state index is 12.7. The molecule has 144 valence electrons. The van der Waals surface area contributed by atoms with Crippen LogP contribution in [0.1, 0.15) is 25.8 Å². The first kappa shape index (κ1) is 18.0. The second kappa shape index (κ2) is 6.68. The molecule has 2 aromatic rings. The second-order valence-corrected chi connectivity index (χ2v) is 8.26. The van der Waals surface area contributed by atoms with Gasteiger partial charge >= 0.3 is 0 Å². The Balaban J connectivity index is 1.56. The lowest BCUT2D eigenvalue weighted by atomic mass is 9.81. The fourth-order valence-electron chi connectivity index (χ4n) is 4.03. The average Bonchev–Trinajstić information content (AvgIpc) is 3.35. The number of hydrogen-bond donors (Lipinski definition) is 0. The Morgan fingerprint density at radius 1 is 1.37 bits per heavy atom.